The second kappa shape index (κ2) is 23.6. The molecule has 0 spiro atoms. The van der Waals surface area contributed by atoms with E-state index in [1.165, 1.54) is 72.1 Å². The van der Waals surface area contributed by atoms with Gasteiger partial charge in [-0.25, -0.2) is 21.1 Å². The Morgan fingerprint density at radius 1 is 0.556 bits per heavy atom. The molecule has 24 nitrogen and oxygen atoms in total. The summed E-state index contributed by atoms with van der Waals surface area (Å²) < 4.78 is 76.4. The molecule has 0 aliphatic rings. The number of nitrogens with one attached hydrogen (secondary N) is 4. The van der Waals surface area contributed by atoms with Gasteiger partial charge in [0.2, 0.25) is 47.8 Å². The van der Waals surface area contributed by atoms with Crippen LogP contribution in [0.1, 0.15) is 53.7 Å². The van der Waals surface area contributed by atoms with Gasteiger partial charge in [0, 0.05) is 75.2 Å². The zero-order valence-electron chi connectivity index (χ0n) is 44.6. The van der Waals surface area contributed by atoms with Gasteiger partial charge in [-0.2, -0.15) is 13.9 Å². The molecular formula is C52H50N14O10S5+2. The number of carbonyl (C=O) groups excluding carboxylic acids is 3. The van der Waals surface area contributed by atoms with E-state index in [4.69, 9.17) is 14.2 Å². The van der Waals surface area contributed by atoms with E-state index in [1.54, 1.807) is 48.0 Å². The fraction of sp³-hybridized carbons (Fsp3) is 0.192. The fourth-order valence-corrected chi connectivity index (χ4v) is 11.8. The van der Waals surface area contributed by atoms with Crippen LogP contribution in [0.5, 0.6) is 15.6 Å². The molecule has 0 saturated heterocycles. The molecule has 3 aromatic carbocycles. The van der Waals surface area contributed by atoms with E-state index in [2.05, 4.69) is 56.2 Å². The minimum Gasteiger partial charge on any atom is -0.472 e. The molecule has 0 fully saturated rings. The van der Waals surface area contributed by atoms with Crippen LogP contribution >= 0.6 is 34.0 Å². The van der Waals surface area contributed by atoms with Gasteiger partial charge in [-0.15, -0.1) is 15.3 Å². The number of sulfonamides is 2. The predicted octanol–water partition coefficient (Wildman–Crippen LogP) is 6.40. The van der Waals surface area contributed by atoms with Gasteiger partial charge in [-0.1, -0.05) is 39.6 Å². The third-order valence-corrected chi connectivity index (χ3v) is 18.1. The van der Waals surface area contributed by atoms with Crippen LogP contribution in [0.15, 0.2) is 113 Å². The highest BCUT2D eigenvalue weighted by Gasteiger charge is 2.28. The van der Waals surface area contributed by atoms with Crippen molar-refractivity contribution in [3.63, 3.8) is 0 Å². The van der Waals surface area contributed by atoms with Crippen molar-refractivity contribution in [3.8, 4) is 54.6 Å². The number of benzene rings is 3. The van der Waals surface area contributed by atoms with Crippen LogP contribution < -0.4 is 44.0 Å². The maximum Gasteiger partial charge on any atom is 0.295 e. The number of rotatable bonds is 19. The Morgan fingerprint density at radius 3 is 1.52 bits per heavy atom. The van der Waals surface area contributed by atoms with Crippen molar-refractivity contribution in [1.82, 2.24) is 44.6 Å². The normalized spacial score (nSPS) is 11.6. The van der Waals surface area contributed by atoms with Crippen LogP contribution in [0, 0.1) is 27.7 Å². The Kier molecular flexibility index (Phi) is 16.7. The summed E-state index contributed by atoms with van der Waals surface area (Å²) in [5, 5.41) is 33.3. The molecule has 416 valence electrons. The number of anilines is 3. The maximum absolute atomic E-state index is 14.4. The Labute approximate surface area is 476 Å². The Morgan fingerprint density at radius 2 is 1.04 bits per heavy atom. The van der Waals surface area contributed by atoms with Crippen LogP contribution in [0.4, 0.5) is 15.4 Å². The van der Waals surface area contributed by atoms with E-state index in [0.717, 1.165) is 49.4 Å². The average molecular weight is 1190 g/mol. The average Bonchev–Trinajstić information content (AvgIpc) is 4.24. The summed E-state index contributed by atoms with van der Waals surface area (Å²) in [7, 11) is -0.801. The summed E-state index contributed by atoms with van der Waals surface area (Å²) in [6, 6.07) is 23.1. The SMILES string of the molecule is COc1nnc(NC(=O)c2c[n+](CNS(=O)(=O)c3ccc(-c4cc(C)[n+](-c5ccc(-c6cc(C)ncc6C(=O)Nc6nnc(OC)s6)c(C)c5)cc4C(=O)Nc4nnc(OC)s4)cc3)c(C)cc2-c2ccc(S(=O)(=O)N(C)C)cc2)s1. The van der Waals surface area contributed by atoms with Crippen LogP contribution in [0.3, 0.4) is 0 Å². The van der Waals surface area contributed by atoms with E-state index in [0.29, 0.717) is 61.3 Å². The van der Waals surface area contributed by atoms with Crippen molar-refractivity contribution >= 4 is 87.2 Å². The molecule has 3 amide bonds. The van der Waals surface area contributed by atoms with Gasteiger partial charge in [0.1, 0.15) is 11.1 Å². The van der Waals surface area contributed by atoms with Gasteiger partial charge in [0.25, 0.3) is 33.3 Å². The molecule has 9 rings (SSSR count). The number of amides is 3. The number of aromatic nitrogens is 9. The summed E-state index contributed by atoms with van der Waals surface area (Å²) in [6.07, 6.45) is 4.68. The zero-order chi connectivity index (χ0) is 57.9. The standard InChI is InChI=1S/C52H48N14O10S5/c1-28-20-34(14-19-37(28)40-21-29(2)53-24-41(40)44(67)55-47-58-61-50(74-7)77-47)66-26-43(46(69)57-49-60-63-52(76-9)79-49)39(23-31(66)4)32-10-15-35(16-11-32)80(70,71)54-27-65-25-42(45(68)56-48-59-62-51(75-8)78-48)38(22-30(65)3)33-12-17-36(18-13-33)81(72,73)64(5)6/h10-26,54H,27H2,1-9H3,(H-2,55,56,57,58,59,60,67,68,69)/p+2. The third kappa shape index (κ3) is 12.4. The summed E-state index contributed by atoms with van der Waals surface area (Å²) in [4.78, 5) is 46.3. The van der Waals surface area contributed by atoms with Gasteiger partial charge in [-0.05, 0) is 112 Å². The number of aryl methyl sites for hydroxylation is 4. The first-order chi connectivity index (χ1) is 38.6. The summed E-state index contributed by atoms with van der Waals surface area (Å²) in [5.74, 6) is -1.58. The summed E-state index contributed by atoms with van der Waals surface area (Å²) in [6.45, 7) is 7.04. The highest BCUT2D eigenvalue weighted by atomic mass is 32.2. The summed E-state index contributed by atoms with van der Waals surface area (Å²) >= 11 is 3.11. The largest absolute Gasteiger partial charge is 0.472 e. The quantitative estimate of drug-likeness (QED) is 0.0636. The zero-order valence-corrected chi connectivity index (χ0v) is 48.7. The molecule has 0 bridgehead atoms. The second-order valence-electron chi connectivity index (χ2n) is 17.9. The first-order valence-electron chi connectivity index (χ1n) is 24.0. The molecule has 0 aliphatic carbocycles. The minimum absolute atomic E-state index is 0.0531. The topological polar surface area (TPSA) is 297 Å². The summed E-state index contributed by atoms with van der Waals surface area (Å²) in [5.41, 5.74) is 7.40. The van der Waals surface area contributed by atoms with Crippen molar-refractivity contribution in [2.75, 3.05) is 51.4 Å². The second-order valence-corrected chi connectivity index (χ2v) is 24.7. The molecule has 4 N–H and O–H groups in total. The molecular weight excluding hydrogens is 1140 g/mol. The molecule has 0 aliphatic heterocycles. The lowest BCUT2D eigenvalue weighted by molar-refractivity contribution is -0.704. The van der Waals surface area contributed by atoms with Crippen molar-refractivity contribution in [3.05, 3.63) is 143 Å². The Bertz CT molecular complexity index is 4130. The van der Waals surface area contributed by atoms with Gasteiger partial charge in [-0.3, -0.25) is 35.3 Å². The minimum atomic E-state index is -4.22. The molecule has 0 radical (unpaired) electrons. The molecule has 6 aromatic heterocycles. The Balaban J connectivity index is 1.01. The lowest BCUT2D eigenvalue weighted by Crippen LogP contribution is -2.46. The van der Waals surface area contributed by atoms with Gasteiger partial charge in [0.05, 0.1) is 36.7 Å². The number of carbonyl (C=O) groups is 3. The predicted molar refractivity (Wildman–Crippen MR) is 302 cm³/mol. The first kappa shape index (κ1) is 57.1. The van der Waals surface area contributed by atoms with E-state index >= 15 is 0 Å². The molecule has 0 unspecified atom stereocenters. The fourth-order valence-electron chi connectivity index (χ4n) is 8.30. The van der Waals surface area contributed by atoms with Crippen molar-refractivity contribution < 1.29 is 54.6 Å². The number of hydrogen-bond donors (Lipinski definition) is 4. The van der Waals surface area contributed by atoms with Gasteiger partial charge < -0.3 is 14.2 Å². The highest BCUT2D eigenvalue weighted by Crippen LogP contribution is 2.33. The molecule has 0 saturated carbocycles. The van der Waals surface area contributed by atoms with Crippen molar-refractivity contribution in [2.45, 2.75) is 44.2 Å². The highest BCUT2D eigenvalue weighted by molar-refractivity contribution is 7.89. The number of nitrogens with zero attached hydrogens (tertiary/aromatic N) is 10. The number of hydrogen-bond acceptors (Lipinski definition) is 20. The Hall–Kier alpha value is -8.58. The lowest BCUT2D eigenvalue weighted by Gasteiger charge is -2.14. The molecule has 0 atom stereocenters. The number of methoxy groups -OCH3 is 3. The lowest BCUT2D eigenvalue weighted by atomic mass is 9.95. The van der Waals surface area contributed by atoms with Gasteiger partial charge >= 0.3 is 0 Å². The van der Waals surface area contributed by atoms with Crippen molar-refractivity contribution in [1.29, 1.82) is 0 Å². The molecule has 29 heteroatoms. The number of pyridine rings is 3. The van der Waals surface area contributed by atoms with E-state index in [1.807, 2.05) is 55.7 Å². The smallest absolute Gasteiger partial charge is 0.295 e. The third-order valence-electron chi connectivity index (χ3n) is 12.5. The van der Waals surface area contributed by atoms with Crippen molar-refractivity contribution in [2.24, 2.45) is 0 Å². The van der Waals surface area contributed by atoms with Crippen LogP contribution in [0.2, 0.25) is 0 Å². The van der Waals surface area contributed by atoms with E-state index < -0.39 is 37.8 Å². The van der Waals surface area contributed by atoms with E-state index in [9.17, 15) is 31.2 Å². The monoisotopic (exact) mass is 1190 g/mol. The maximum atomic E-state index is 14.4. The molecule has 6 heterocycles. The van der Waals surface area contributed by atoms with Crippen LogP contribution in [0.25, 0.3) is 39.1 Å². The molecule has 9 aromatic rings. The molecule has 81 heavy (non-hydrogen) atoms. The van der Waals surface area contributed by atoms with Crippen LogP contribution in [-0.4, -0.2) is 110 Å². The van der Waals surface area contributed by atoms with E-state index in [-0.39, 0.29) is 53.4 Å². The first-order valence-corrected chi connectivity index (χ1v) is 29.4. The van der Waals surface area contributed by atoms with Crippen LogP contribution in [-0.2, 0) is 26.7 Å². The number of ether oxygens (including phenoxy) is 3. The van der Waals surface area contributed by atoms with Gasteiger partial charge in [0.15, 0.2) is 23.8 Å².